The molecule has 1 saturated heterocycles. The maximum atomic E-state index is 11.6. The topological polar surface area (TPSA) is 124 Å². The Labute approximate surface area is 153 Å². The van der Waals surface area contributed by atoms with E-state index in [1.165, 1.54) is 24.0 Å². The van der Waals surface area contributed by atoms with Crippen LogP contribution < -0.4 is 0 Å². The maximum absolute atomic E-state index is 11.6. The minimum atomic E-state index is -3.12. The van der Waals surface area contributed by atoms with Crippen LogP contribution in [0.1, 0.15) is 12.0 Å². The number of thioether (sulfide) groups is 1. The van der Waals surface area contributed by atoms with Crippen molar-refractivity contribution in [2.45, 2.75) is 24.3 Å². The van der Waals surface area contributed by atoms with Gasteiger partial charge in [-0.15, -0.1) is 0 Å². The van der Waals surface area contributed by atoms with E-state index in [9.17, 15) is 28.6 Å². The van der Waals surface area contributed by atoms with Crippen molar-refractivity contribution in [2.24, 2.45) is 0 Å². The first-order valence-electron chi connectivity index (χ1n) is 7.10. The van der Waals surface area contributed by atoms with Gasteiger partial charge in [-0.3, -0.25) is 20.2 Å². The van der Waals surface area contributed by atoms with E-state index in [1.807, 2.05) is 0 Å². The maximum Gasteiger partial charge on any atom is 0.290 e. The number of benzene rings is 1. The lowest BCUT2D eigenvalue weighted by atomic mass is 10.2. The lowest BCUT2D eigenvalue weighted by Crippen LogP contribution is -2.35. The summed E-state index contributed by atoms with van der Waals surface area (Å²) in [4.78, 5) is 22.6. The van der Waals surface area contributed by atoms with Crippen molar-refractivity contribution in [3.63, 3.8) is 0 Å². The van der Waals surface area contributed by atoms with Crippen molar-refractivity contribution in [1.29, 1.82) is 0 Å². The van der Waals surface area contributed by atoms with E-state index in [2.05, 4.69) is 0 Å². The van der Waals surface area contributed by atoms with Crippen LogP contribution in [-0.2, 0) is 9.84 Å². The molecule has 2 rings (SSSR count). The first-order chi connectivity index (χ1) is 11.5. The second-order valence-electron chi connectivity index (χ2n) is 5.68. The summed E-state index contributed by atoms with van der Waals surface area (Å²) in [6, 6.07) is 2.16. The number of nitro benzene ring substituents is 2. The standard InChI is InChI=1S/C13H15N3O6S3/c1-8-5-10(15(17)18)12(11(6-8)16(19)20)24-13(23)14(2)9-3-4-25(21,22)7-9/h5-6,9H,3-4,7H2,1-2H3/t9-/m0/s1. The lowest BCUT2D eigenvalue weighted by Gasteiger charge is -2.25. The van der Waals surface area contributed by atoms with Gasteiger partial charge < -0.3 is 4.90 Å². The summed E-state index contributed by atoms with van der Waals surface area (Å²) in [5.74, 6) is 0.00238. The van der Waals surface area contributed by atoms with Gasteiger partial charge in [0, 0.05) is 25.2 Å². The van der Waals surface area contributed by atoms with Crippen LogP contribution in [0, 0.1) is 27.2 Å². The number of hydrogen-bond acceptors (Lipinski definition) is 8. The molecule has 1 aliphatic heterocycles. The van der Waals surface area contributed by atoms with Gasteiger partial charge >= 0.3 is 0 Å². The summed E-state index contributed by atoms with van der Waals surface area (Å²) in [5.41, 5.74) is -0.401. The van der Waals surface area contributed by atoms with Gasteiger partial charge in [0.25, 0.3) is 11.4 Å². The zero-order chi connectivity index (χ0) is 18.9. The minimum Gasteiger partial charge on any atom is -0.356 e. The smallest absolute Gasteiger partial charge is 0.290 e. The molecule has 1 aliphatic rings. The van der Waals surface area contributed by atoms with E-state index in [1.54, 1.807) is 7.05 Å². The molecule has 0 spiro atoms. The molecule has 12 heteroatoms. The van der Waals surface area contributed by atoms with Crippen LogP contribution in [0.5, 0.6) is 0 Å². The Kier molecular flexibility index (Phi) is 5.64. The van der Waals surface area contributed by atoms with Crippen molar-refractivity contribution in [1.82, 2.24) is 4.90 Å². The average molecular weight is 405 g/mol. The Balaban J connectivity index is 2.34. The first kappa shape index (κ1) is 19.5. The largest absolute Gasteiger partial charge is 0.356 e. The Morgan fingerprint density at radius 2 is 1.80 bits per heavy atom. The van der Waals surface area contributed by atoms with Gasteiger partial charge in [0.05, 0.1) is 21.4 Å². The number of aryl methyl sites for hydroxylation is 1. The molecule has 0 N–H and O–H groups in total. The number of nitrogens with zero attached hydrogens (tertiary/aromatic N) is 3. The highest BCUT2D eigenvalue weighted by Crippen LogP contribution is 2.40. The van der Waals surface area contributed by atoms with E-state index in [0.29, 0.717) is 12.0 Å². The highest BCUT2D eigenvalue weighted by atomic mass is 32.2. The molecule has 0 saturated carbocycles. The highest BCUT2D eigenvalue weighted by molar-refractivity contribution is 8.23. The van der Waals surface area contributed by atoms with E-state index in [0.717, 1.165) is 11.8 Å². The predicted molar refractivity (Wildman–Crippen MR) is 97.8 cm³/mol. The molecule has 1 aromatic rings. The highest BCUT2D eigenvalue weighted by Gasteiger charge is 2.34. The second-order valence-corrected chi connectivity index (χ2v) is 9.56. The molecule has 1 fully saturated rings. The van der Waals surface area contributed by atoms with Gasteiger partial charge in [0.15, 0.2) is 14.7 Å². The Morgan fingerprint density at radius 3 is 2.20 bits per heavy atom. The molecule has 1 aromatic carbocycles. The van der Waals surface area contributed by atoms with Gasteiger partial charge in [-0.05, 0) is 30.7 Å². The van der Waals surface area contributed by atoms with Crippen molar-refractivity contribution < 1.29 is 18.3 Å². The van der Waals surface area contributed by atoms with E-state index < -0.39 is 31.1 Å². The lowest BCUT2D eigenvalue weighted by molar-refractivity contribution is -0.399. The van der Waals surface area contributed by atoms with Crippen LogP contribution in [0.4, 0.5) is 11.4 Å². The summed E-state index contributed by atoms with van der Waals surface area (Å²) >= 11 is 5.98. The average Bonchev–Trinajstić information content (AvgIpc) is 2.87. The zero-order valence-corrected chi connectivity index (χ0v) is 15.8. The van der Waals surface area contributed by atoms with Crippen molar-refractivity contribution in [3.8, 4) is 0 Å². The predicted octanol–water partition coefficient (Wildman–Crippen LogP) is 2.31. The molecule has 0 aliphatic carbocycles. The van der Waals surface area contributed by atoms with E-state index >= 15 is 0 Å². The summed E-state index contributed by atoms with van der Waals surface area (Å²) in [5, 5.41) is 22.5. The number of hydrogen-bond donors (Lipinski definition) is 0. The normalized spacial score (nSPS) is 18.7. The Morgan fingerprint density at radius 1 is 1.28 bits per heavy atom. The van der Waals surface area contributed by atoms with Gasteiger partial charge in [-0.1, -0.05) is 12.2 Å². The molecule has 0 aromatic heterocycles. The van der Waals surface area contributed by atoms with Gasteiger partial charge in [0.2, 0.25) is 0 Å². The van der Waals surface area contributed by atoms with Crippen molar-refractivity contribution >= 4 is 49.5 Å². The third-order valence-corrected chi connectivity index (χ3v) is 7.19. The first-order valence-corrected chi connectivity index (χ1v) is 10.1. The van der Waals surface area contributed by atoms with Crippen LogP contribution in [0.2, 0.25) is 0 Å². The summed E-state index contributed by atoms with van der Waals surface area (Å²) in [6.07, 6.45) is 0.400. The molecule has 1 heterocycles. The van der Waals surface area contributed by atoms with Gasteiger partial charge in [0.1, 0.15) is 4.32 Å². The molecule has 9 nitrogen and oxygen atoms in total. The summed E-state index contributed by atoms with van der Waals surface area (Å²) in [6.45, 7) is 1.53. The Bertz CT molecular complexity index is 820. The van der Waals surface area contributed by atoms with Crippen LogP contribution in [0.25, 0.3) is 0 Å². The summed E-state index contributed by atoms with van der Waals surface area (Å²) in [7, 11) is -1.53. The molecule has 0 bridgehead atoms. The fourth-order valence-electron chi connectivity index (χ4n) is 2.50. The van der Waals surface area contributed by atoms with Gasteiger partial charge in [-0.2, -0.15) is 0 Å². The molecule has 136 valence electrons. The van der Waals surface area contributed by atoms with Crippen LogP contribution in [0.15, 0.2) is 17.0 Å². The fraction of sp³-hybridized carbons (Fsp3) is 0.462. The third kappa shape index (κ3) is 4.44. The quantitative estimate of drug-likeness (QED) is 0.321. The molecule has 0 radical (unpaired) electrons. The minimum absolute atomic E-state index is 0.0533. The van der Waals surface area contributed by atoms with Crippen LogP contribution in [-0.4, -0.2) is 52.1 Å². The van der Waals surface area contributed by atoms with E-state index in [-0.39, 0.29) is 26.8 Å². The Hall–Kier alpha value is -1.79. The molecular formula is C13H15N3O6S3. The monoisotopic (exact) mass is 405 g/mol. The molecular weight excluding hydrogens is 390 g/mol. The second kappa shape index (κ2) is 7.22. The molecule has 0 amide bonds. The molecule has 0 unspecified atom stereocenters. The SMILES string of the molecule is Cc1cc([N+](=O)[O-])c(SC(=S)N(C)[C@H]2CCS(=O)(=O)C2)c([N+](=O)[O-])c1. The number of sulfone groups is 1. The zero-order valence-electron chi connectivity index (χ0n) is 13.4. The van der Waals surface area contributed by atoms with Crippen LogP contribution in [0.3, 0.4) is 0 Å². The van der Waals surface area contributed by atoms with Crippen LogP contribution >= 0.6 is 24.0 Å². The number of nitro groups is 2. The third-order valence-electron chi connectivity index (χ3n) is 3.82. The fourth-order valence-corrected chi connectivity index (χ4v) is 5.62. The van der Waals surface area contributed by atoms with Gasteiger partial charge in [-0.25, -0.2) is 8.42 Å². The molecule has 1 atom stereocenters. The molecule has 25 heavy (non-hydrogen) atoms. The number of thiocarbonyl (C=S) groups is 1. The van der Waals surface area contributed by atoms with Crippen molar-refractivity contribution in [2.75, 3.05) is 18.6 Å². The summed E-state index contributed by atoms with van der Waals surface area (Å²) < 4.78 is 23.3. The van der Waals surface area contributed by atoms with E-state index in [4.69, 9.17) is 12.2 Å². The van der Waals surface area contributed by atoms with Crippen molar-refractivity contribution in [3.05, 3.63) is 37.9 Å². The number of rotatable bonds is 4.